The number of alkyl halides is 3. The van der Waals surface area contributed by atoms with E-state index in [1.807, 2.05) is 0 Å². The molecule has 0 saturated carbocycles. The molecule has 1 aliphatic heterocycles. The Bertz CT molecular complexity index is 566. The minimum absolute atomic E-state index is 0.274. The van der Waals surface area contributed by atoms with Crippen molar-refractivity contribution in [2.45, 2.75) is 25.2 Å². The fraction of sp³-hybridized carbons (Fsp3) is 0.471. The predicted octanol–water partition coefficient (Wildman–Crippen LogP) is 2.63. The van der Waals surface area contributed by atoms with Crippen LogP contribution in [0.5, 0.6) is 0 Å². The van der Waals surface area contributed by atoms with E-state index in [4.69, 9.17) is 0 Å². The summed E-state index contributed by atoms with van der Waals surface area (Å²) in [7, 11) is 1.72. The number of hydrogen-bond donors (Lipinski definition) is 2. The lowest BCUT2D eigenvalue weighted by Gasteiger charge is -2.19. The summed E-state index contributed by atoms with van der Waals surface area (Å²) in [6, 6.07) is 5.66. The van der Waals surface area contributed by atoms with Crippen molar-refractivity contribution in [3.8, 4) is 0 Å². The number of hydrogen-bond acceptors (Lipinski definition) is 2. The summed E-state index contributed by atoms with van der Waals surface area (Å²) in [5.74, 6) is 0.733. The maximum absolute atomic E-state index is 12.6. The van der Waals surface area contributed by atoms with Gasteiger partial charge in [-0.2, -0.15) is 13.2 Å². The lowest BCUT2D eigenvalue weighted by Crippen LogP contribution is -2.44. The first-order valence-corrected chi connectivity index (χ1v) is 7.89. The molecule has 1 atom stereocenters. The molecule has 1 unspecified atom stereocenters. The Hall–Kier alpha value is -2.02. The van der Waals surface area contributed by atoms with Crippen molar-refractivity contribution in [3.63, 3.8) is 0 Å². The zero-order chi connectivity index (χ0) is 17.6. The molecule has 1 fully saturated rings. The molecular weight excluding hydrogens is 317 g/mol. The summed E-state index contributed by atoms with van der Waals surface area (Å²) in [4.78, 5) is 6.38. The van der Waals surface area contributed by atoms with Gasteiger partial charge < -0.3 is 10.6 Å². The second-order valence-corrected chi connectivity index (χ2v) is 5.80. The molecule has 0 aliphatic carbocycles. The highest BCUT2D eigenvalue weighted by Crippen LogP contribution is 2.29. The number of aliphatic imine (C=N–C) groups is 1. The molecule has 1 aliphatic rings. The Balaban J connectivity index is 1.84. The van der Waals surface area contributed by atoms with Gasteiger partial charge in [0.2, 0.25) is 0 Å². The predicted molar refractivity (Wildman–Crippen MR) is 89.8 cm³/mol. The summed E-state index contributed by atoms with van der Waals surface area (Å²) in [6.45, 7) is 6.67. The van der Waals surface area contributed by atoms with Crippen LogP contribution in [0.3, 0.4) is 0 Å². The van der Waals surface area contributed by atoms with Crippen molar-refractivity contribution in [3.05, 3.63) is 48.0 Å². The standard InChI is InChI=1S/C17H23F3N4/c1-3-9-22-16(21-2)23-15-8-10-24(12-15)11-13-4-6-14(7-5-13)17(18,19)20/h3-7,15H,1,8-12H2,2H3,(H2,21,22,23). The third-order valence-corrected chi connectivity index (χ3v) is 3.94. The molecule has 0 aromatic heterocycles. The second-order valence-electron chi connectivity index (χ2n) is 5.80. The van der Waals surface area contributed by atoms with Crippen molar-refractivity contribution in [2.75, 3.05) is 26.7 Å². The van der Waals surface area contributed by atoms with E-state index in [0.29, 0.717) is 13.1 Å². The highest BCUT2D eigenvalue weighted by Gasteiger charge is 2.30. The minimum atomic E-state index is -4.28. The lowest BCUT2D eigenvalue weighted by atomic mass is 10.1. The van der Waals surface area contributed by atoms with E-state index in [2.05, 4.69) is 27.1 Å². The average Bonchev–Trinajstić information content (AvgIpc) is 2.98. The van der Waals surface area contributed by atoms with Crippen LogP contribution in [0, 0.1) is 0 Å². The van der Waals surface area contributed by atoms with Crippen molar-refractivity contribution in [1.82, 2.24) is 15.5 Å². The summed E-state index contributed by atoms with van der Waals surface area (Å²) >= 11 is 0. The van der Waals surface area contributed by atoms with Gasteiger partial charge in [-0.3, -0.25) is 9.89 Å². The quantitative estimate of drug-likeness (QED) is 0.492. The molecule has 7 heteroatoms. The van der Waals surface area contributed by atoms with Gasteiger partial charge in [-0.1, -0.05) is 18.2 Å². The Morgan fingerprint density at radius 3 is 2.67 bits per heavy atom. The summed E-state index contributed by atoms with van der Waals surface area (Å²) in [5.41, 5.74) is 0.280. The molecule has 0 bridgehead atoms. The van der Waals surface area contributed by atoms with Crippen LogP contribution < -0.4 is 10.6 Å². The average molecular weight is 340 g/mol. The molecule has 1 heterocycles. The van der Waals surface area contributed by atoms with E-state index in [1.54, 1.807) is 25.3 Å². The molecular formula is C17H23F3N4. The van der Waals surface area contributed by atoms with E-state index in [0.717, 1.165) is 43.2 Å². The summed E-state index contributed by atoms with van der Waals surface area (Å²) in [5, 5.41) is 6.47. The molecule has 24 heavy (non-hydrogen) atoms. The van der Waals surface area contributed by atoms with E-state index < -0.39 is 11.7 Å². The van der Waals surface area contributed by atoms with Crippen LogP contribution in [0.15, 0.2) is 41.9 Å². The van der Waals surface area contributed by atoms with E-state index in [1.165, 1.54) is 0 Å². The van der Waals surface area contributed by atoms with Gasteiger partial charge >= 0.3 is 6.18 Å². The molecule has 0 radical (unpaired) electrons. The monoisotopic (exact) mass is 340 g/mol. The fourth-order valence-corrected chi connectivity index (χ4v) is 2.71. The molecule has 4 nitrogen and oxygen atoms in total. The number of nitrogens with one attached hydrogen (secondary N) is 2. The van der Waals surface area contributed by atoms with Gasteiger partial charge in [-0.25, -0.2) is 0 Å². The van der Waals surface area contributed by atoms with Crippen LogP contribution in [-0.2, 0) is 12.7 Å². The van der Waals surface area contributed by atoms with Crippen LogP contribution in [0.4, 0.5) is 13.2 Å². The first-order valence-electron chi connectivity index (χ1n) is 7.89. The van der Waals surface area contributed by atoms with E-state index in [9.17, 15) is 13.2 Å². The van der Waals surface area contributed by atoms with Crippen LogP contribution in [-0.4, -0.2) is 43.6 Å². The highest BCUT2D eigenvalue weighted by molar-refractivity contribution is 5.80. The number of rotatable bonds is 5. The summed E-state index contributed by atoms with van der Waals surface area (Å²) < 4.78 is 37.7. The van der Waals surface area contributed by atoms with Crippen molar-refractivity contribution >= 4 is 5.96 Å². The third-order valence-electron chi connectivity index (χ3n) is 3.94. The Labute approximate surface area is 140 Å². The molecule has 2 N–H and O–H groups in total. The molecule has 0 amide bonds. The topological polar surface area (TPSA) is 39.7 Å². The smallest absolute Gasteiger partial charge is 0.353 e. The fourth-order valence-electron chi connectivity index (χ4n) is 2.71. The SMILES string of the molecule is C=CCNC(=NC)NC1CCN(Cc2ccc(C(F)(F)F)cc2)C1. The highest BCUT2D eigenvalue weighted by atomic mass is 19.4. The molecule has 1 aromatic rings. The molecule has 132 valence electrons. The van der Waals surface area contributed by atoms with Gasteiger partial charge in [0, 0.05) is 39.3 Å². The molecule has 2 rings (SSSR count). The lowest BCUT2D eigenvalue weighted by molar-refractivity contribution is -0.137. The second kappa shape index (κ2) is 8.19. The zero-order valence-electron chi connectivity index (χ0n) is 13.7. The van der Waals surface area contributed by atoms with Gasteiger partial charge in [-0.15, -0.1) is 6.58 Å². The molecule has 1 aromatic carbocycles. The van der Waals surface area contributed by atoms with Crippen molar-refractivity contribution < 1.29 is 13.2 Å². The minimum Gasteiger partial charge on any atom is -0.353 e. The normalized spacial score (nSPS) is 19.3. The van der Waals surface area contributed by atoms with Crippen molar-refractivity contribution in [1.29, 1.82) is 0 Å². The largest absolute Gasteiger partial charge is 0.416 e. The number of halogens is 3. The number of nitrogens with zero attached hydrogens (tertiary/aromatic N) is 2. The van der Waals surface area contributed by atoms with Crippen LogP contribution in [0.2, 0.25) is 0 Å². The van der Waals surface area contributed by atoms with Gasteiger partial charge in [0.1, 0.15) is 0 Å². The van der Waals surface area contributed by atoms with Crippen LogP contribution >= 0.6 is 0 Å². The number of guanidine groups is 1. The van der Waals surface area contributed by atoms with Gasteiger partial charge in [0.15, 0.2) is 5.96 Å². The number of likely N-dealkylation sites (tertiary alicyclic amines) is 1. The third kappa shape index (κ3) is 5.26. The van der Waals surface area contributed by atoms with Gasteiger partial charge in [0.25, 0.3) is 0 Å². The maximum Gasteiger partial charge on any atom is 0.416 e. The summed E-state index contributed by atoms with van der Waals surface area (Å²) in [6.07, 6.45) is -1.55. The Morgan fingerprint density at radius 2 is 2.08 bits per heavy atom. The first-order chi connectivity index (χ1) is 11.4. The van der Waals surface area contributed by atoms with Crippen molar-refractivity contribution in [2.24, 2.45) is 4.99 Å². The Morgan fingerprint density at radius 1 is 1.38 bits per heavy atom. The first kappa shape index (κ1) is 18.3. The zero-order valence-corrected chi connectivity index (χ0v) is 13.7. The van der Waals surface area contributed by atoms with E-state index >= 15 is 0 Å². The van der Waals surface area contributed by atoms with E-state index in [-0.39, 0.29) is 6.04 Å². The van der Waals surface area contributed by atoms with Crippen LogP contribution in [0.25, 0.3) is 0 Å². The van der Waals surface area contributed by atoms with Gasteiger partial charge in [0.05, 0.1) is 5.56 Å². The van der Waals surface area contributed by atoms with Gasteiger partial charge in [-0.05, 0) is 24.1 Å². The maximum atomic E-state index is 12.6. The van der Waals surface area contributed by atoms with Crippen LogP contribution in [0.1, 0.15) is 17.5 Å². The Kier molecular flexibility index (Phi) is 6.25. The molecule has 0 spiro atoms. The number of benzene rings is 1. The molecule has 1 saturated heterocycles.